The summed E-state index contributed by atoms with van der Waals surface area (Å²) in [5.41, 5.74) is 1.39. The van der Waals surface area contributed by atoms with E-state index in [1.807, 2.05) is 24.3 Å². The molecular formula is C19H17I2NO5. The maximum absolute atomic E-state index is 11.3. The summed E-state index contributed by atoms with van der Waals surface area (Å²) in [4.78, 5) is 22.5. The van der Waals surface area contributed by atoms with Crippen molar-refractivity contribution in [3.63, 3.8) is 0 Å². The number of halogens is 2. The number of carbonyl (C=O) groups is 2. The zero-order valence-electron chi connectivity index (χ0n) is 14.6. The average molecular weight is 593 g/mol. The number of hydrogen-bond donors (Lipinski definition) is 2. The summed E-state index contributed by atoms with van der Waals surface area (Å²) in [5.74, 6) is -0.627. The number of benzene rings is 2. The highest BCUT2D eigenvalue weighted by atomic mass is 127. The first-order chi connectivity index (χ1) is 12.8. The molecule has 8 heteroatoms. The van der Waals surface area contributed by atoms with Crippen molar-refractivity contribution < 1.29 is 24.2 Å². The SMILES string of the molecule is COc1cc(C=C(NC(C)=O)C(=O)O)cc(I)c1OCc1cccc(I)c1. The molecule has 2 aromatic rings. The number of carbonyl (C=O) groups excluding carboxylic acids is 1. The van der Waals surface area contributed by atoms with Gasteiger partial charge in [0.15, 0.2) is 11.5 Å². The largest absolute Gasteiger partial charge is 0.493 e. The van der Waals surface area contributed by atoms with Crippen LogP contribution < -0.4 is 14.8 Å². The van der Waals surface area contributed by atoms with Gasteiger partial charge in [-0.15, -0.1) is 0 Å². The van der Waals surface area contributed by atoms with Crippen molar-refractivity contribution in [3.05, 3.63) is 60.4 Å². The monoisotopic (exact) mass is 593 g/mol. The summed E-state index contributed by atoms with van der Waals surface area (Å²) in [6.07, 6.45) is 1.37. The second kappa shape index (κ2) is 9.93. The fourth-order valence-corrected chi connectivity index (χ4v) is 3.64. The Hall–Kier alpha value is -1.82. The van der Waals surface area contributed by atoms with Gasteiger partial charge in [-0.1, -0.05) is 12.1 Å². The minimum atomic E-state index is -1.22. The molecule has 0 bridgehead atoms. The molecule has 1 amide bonds. The molecule has 6 nitrogen and oxygen atoms in total. The summed E-state index contributed by atoms with van der Waals surface area (Å²) < 4.78 is 13.2. The molecule has 0 heterocycles. The second-order valence-electron chi connectivity index (χ2n) is 5.50. The minimum absolute atomic E-state index is 0.215. The van der Waals surface area contributed by atoms with Crippen LogP contribution in [0.3, 0.4) is 0 Å². The molecule has 0 saturated carbocycles. The van der Waals surface area contributed by atoms with Crippen molar-refractivity contribution >= 4 is 63.1 Å². The van der Waals surface area contributed by atoms with Crippen LogP contribution in [-0.4, -0.2) is 24.1 Å². The molecule has 0 aliphatic heterocycles. The number of aliphatic carboxylic acids is 1. The summed E-state index contributed by atoms with van der Waals surface area (Å²) in [5, 5.41) is 11.5. The molecule has 0 unspecified atom stereocenters. The van der Waals surface area contributed by atoms with Crippen LogP contribution >= 0.6 is 45.2 Å². The van der Waals surface area contributed by atoms with Gasteiger partial charge < -0.3 is 19.9 Å². The van der Waals surface area contributed by atoms with Crippen LogP contribution in [-0.2, 0) is 16.2 Å². The number of ether oxygens (including phenoxy) is 2. The Labute approximate surface area is 184 Å². The Kier molecular flexibility index (Phi) is 7.90. The molecule has 27 heavy (non-hydrogen) atoms. The number of methoxy groups -OCH3 is 1. The van der Waals surface area contributed by atoms with Gasteiger partial charge >= 0.3 is 5.97 Å². The molecule has 0 saturated heterocycles. The van der Waals surface area contributed by atoms with Crippen LogP contribution in [0.2, 0.25) is 0 Å². The quantitative estimate of drug-likeness (QED) is 0.374. The van der Waals surface area contributed by atoms with Gasteiger partial charge in [0.2, 0.25) is 5.91 Å². The topological polar surface area (TPSA) is 84.9 Å². The highest BCUT2D eigenvalue weighted by Gasteiger charge is 2.14. The minimum Gasteiger partial charge on any atom is -0.493 e. The van der Waals surface area contributed by atoms with Crippen LogP contribution in [0.15, 0.2) is 42.1 Å². The Morgan fingerprint density at radius 2 is 1.96 bits per heavy atom. The fourth-order valence-electron chi connectivity index (χ4n) is 2.25. The number of hydrogen-bond acceptors (Lipinski definition) is 4. The van der Waals surface area contributed by atoms with E-state index in [0.717, 1.165) is 12.7 Å². The number of rotatable bonds is 7. The first-order valence-corrected chi connectivity index (χ1v) is 9.93. The predicted molar refractivity (Wildman–Crippen MR) is 119 cm³/mol. The van der Waals surface area contributed by atoms with Gasteiger partial charge in [0.25, 0.3) is 0 Å². The first kappa shape index (κ1) is 21.5. The smallest absolute Gasteiger partial charge is 0.352 e. The van der Waals surface area contributed by atoms with Crippen molar-refractivity contribution in [2.45, 2.75) is 13.5 Å². The van der Waals surface area contributed by atoms with E-state index in [4.69, 9.17) is 9.47 Å². The number of carboxylic acid groups (broad SMARTS) is 1. The van der Waals surface area contributed by atoms with E-state index in [2.05, 4.69) is 50.5 Å². The van der Waals surface area contributed by atoms with Gasteiger partial charge in [0.05, 0.1) is 10.7 Å². The third-order valence-corrected chi connectivity index (χ3v) is 4.85. The van der Waals surface area contributed by atoms with E-state index in [1.54, 1.807) is 12.1 Å². The van der Waals surface area contributed by atoms with Crippen molar-refractivity contribution in [3.8, 4) is 11.5 Å². The van der Waals surface area contributed by atoms with Crippen molar-refractivity contribution in [2.75, 3.05) is 7.11 Å². The molecule has 142 valence electrons. The van der Waals surface area contributed by atoms with Gasteiger partial charge in [0, 0.05) is 10.5 Å². The molecule has 0 aromatic heterocycles. The lowest BCUT2D eigenvalue weighted by atomic mass is 10.1. The van der Waals surface area contributed by atoms with E-state index < -0.39 is 11.9 Å². The summed E-state index contributed by atoms with van der Waals surface area (Å²) in [6, 6.07) is 11.4. The van der Waals surface area contributed by atoms with Gasteiger partial charge in [0.1, 0.15) is 12.3 Å². The van der Waals surface area contributed by atoms with E-state index in [1.165, 1.54) is 20.1 Å². The number of carboxylic acids is 1. The Morgan fingerprint density at radius 3 is 2.56 bits per heavy atom. The van der Waals surface area contributed by atoms with Crippen molar-refractivity contribution in [1.29, 1.82) is 0 Å². The predicted octanol–water partition coefficient (Wildman–Crippen LogP) is 4.05. The van der Waals surface area contributed by atoms with Crippen LogP contribution in [0.5, 0.6) is 11.5 Å². The third kappa shape index (κ3) is 6.38. The van der Waals surface area contributed by atoms with E-state index in [9.17, 15) is 14.7 Å². The standard InChI is InChI=1S/C19H17I2NO5/c1-11(23)22-16(19(24)25)8-13-7-15(21)18(17(9-13)26-2)27-10-12-4-3-5-14(20)6-12/h3-9H,10H2,1-2H3,(H,22,23)(H,24,25). The summed E-state index contributed by atoms with van der Waals surface area (Å²) in [6.45, 7) is 1.63. The zero-order valence-corrected chi connectivity index (χ0v) is 18.9. The maximum atomic E-state index is 11.3. The van der Waals surface area contributed by atoms with Gasteiger partial charge in [-0.2, -0.15) is 0 Å². The molecule has 0 aliphatic rings. The second-order valence-corrected chi connectivity index (χ2v) is 7.90. The summed E-state index contributed by atoms with van der Waals surface area (Å²) in [7, 11) is 1.52. The number of nitrogens with one attached hydrogen (secondary N) is 1. The average Bonchev–Trinajstić information content (AvgIpc) is 2.59. The van der Waals surface area contributed by atoms with Crippen LogP contribution in [0, 0.1) is 7.14 Å². The Balaban J connectivity index is 2.30. The molecule has 0 fully saturated rings. The molecular weight excluding hydrogens is 576 g/mol. The van der Waals surface area contributed by atoms with E-state index in [0.29, 0.717) is 23.7 Å². The maximum Gasteiger partial charge on any atom is 0.352 e. The van der Waals surface area contributed by atoms with E-state index in [-0.39, 0.29) is 5.70 Å². The summed E-state index contributed by atoms with van der Waals surface area (Å²) >= 11 is 4.35. The van der Waals surface area contributed by atoms with Gasteiger partial charge in [-0.3, -0.25) is 4.79 Å². The molecule has 0 spiro atoms. The zero-order chi connectivity index (χ0) is 20.0. The Morgan fingerprint density at radius 1 is 1.22 bits per heavy atom. The molecule has 2 rings (SSSR count). The van der Waals surface area contributed by atoms with Crippen molar-refractivity contribution in [2.24, 2.45) is 0 Å². The highest BCUT2D eigenvalue weighted by Crippen LogP contribution is 2.35. The molecule has 2 aromatic carbocycles. The fraction of sp³-hybridized carbons (Fsp3) is 0.158. The Bertz CT molecular complexity index is 896. The lowest BCUT2D eigenvalue weighted by molar-refractivity contribution is -0.134. The normalized spacial score (nSPS) is 11.0. The van der Waals surface area contributed by atoms with Crippen molar-refractivity contribution in [1.82, 2.24) is 5.32 Å². The lowest BCUT2D eigenvalue weighted by Crippen LogP contribution is -2.24. The molecule has 2 N–H and O–H groups in total. The van der Waals surface area contributed by atoms with Gasteiger partial charge in [-0.25, -0.2) is 4.79 Å². The molecule has 0 radical (unpaired) electrons. The molecule has 0 aliphatic carbocycles. The lowest BCUT2D eigenvalue weighted by Gasteiger charge is -2.14. The van der Waals surface area contributed by atoms with Gasteiger partial charge in [-0.05, 0) is 86.7 Å². The molecule has 0 atom stereocenters. The van der Waals surface area contributed by atoms with E-state index >= 15 is 0 Å². The van der Waals surface area contributed by atoms with Crippen LogP contribution in [0.25, 0.3) is 6.08 Å². The number of amides is 1. The third-order valence-electron chi connectivity index (χ3n) is 3.38. The van der Waals surface area contributed by atoms with Crippen LogP contribution in [0.4, 0.5) is 0 Å². The highest BCUT2D eigenvalue weighted by molar-refractivity contribution is 14.1. The van der Waals surface area contributed by atoms with Crippen LogP contribution in [0.1, 0.15) is 18.1 Å². The first-order valence-electron chi connectivity index (χ1n) is 7.77.